The van der Waals surface area contributed by atoms with Crippen LogP contribution in [0.2, 0.25) is 0 Å². The fourth-order valence-electron chi connectivity index (χ4n) is 2.54. The van der Waals surface area contributed by atoms with Crippen LogP contribution in [-0.4, -0.2) is 23.0 Å². The van der Waals surface area contributed by atoms with Gasteiger partial charge in [0.05, 0.1) is 12.2 Å². The Balaban J connectivity index is 1.94. The molecule has 0 saturated carbocycles. The van der Waals surface area contributed by atoms with E-state index in [2.05, 4.69) is 25.8 Å². The van der Waals surface area contributed by atoms with Crippen molar-refractivity contribution >= 4 is 26.0 Å². The number of nitrogens with zero attached hydrogens (tertiary/aromatic N) is 2. The van der Waals surface area contributed by atoms with Crippen molar-refractivity contribution in [1.29, 1.82) is 0 Å². The lowest BCUT2D eigenvalue weighted by Crippen LogP contribution is -2.32. The molecule has 5 nitrogen and oxygen atoms in total. The molecule has 0 bridgehead atoms. The van der Waals surface area contributed by atoms with Gasteiger partial charge in [0, 0.05) is 11.9 Å². The Morgan fingerprint density at radius 3 is 2.80 bits per heavy atom. The summed E-state index contributed by atoms with van der Waals surface area (Å²) in [6.45, 7) is 0. The van der Waals surface area contributed by atoms with Crippen LogP contribution in [0.1, 0.15) is 17.2 Å². The normalized spacial score (nSPS) is 21.9. The molecule has 0 fully saturated rings. The zero-order valence-electron chi connectivity index (χ0n) is 10.8. The van der Waals surface area contributed by atoms with E-state index in [4.69, 9.17) is 0 Å². The first-order valence-electron chi connectivity index (χ1n) is 6.21. The molecule has 2 atom stereocenters. The first-order valence-corrected chi connectivity index (χ1v) is 8.61. The van der Waals surface area contributed by atoms with E-state index in [1.165, 1.54) is 22.5 Å². The zero-order chi connectivity index (χ0) is 14.3. The summed E-state index contributed by atoms with van der Waals surface area (Å²) in [4.78, 5) is 0.0582. The summed E-state index contributed by atoms with van der Waals surface area (Å²) in [6.07, 6.45) is 2.29. The van der Waals surface area contributed by atoms with Gasteiger partial charge in [0.25, 0.3) is 10.0 Å². The molecule has 3 rings (SSSR count). The molecule has 0 spiro atoms. The number of alkyl halides is 1. The van der Waals surface area contributed by atoms with Crippen LogP contribution < -0.4 is 4.72 Å². The molecule has 1 heterocycles. The molecule has 0 aliphatic heterocycles. The highest BCUT2D eigenvalue weighted by Gasteiger charge is 2.34. The highest BCUT2D eigenvalue weighted by molar-refractivity contribution is 9.09. The molecule has 1 aliphatic rings. The quantitative estimate of drug-likeness (QED) is 0.853. The lowest BCUT2D eigenvalue weighted by Gasteiger charge is -2.17. The number of nitrogens with one attached hydrogen (secondary N) is 1. The van der Waals surface area contributed by atoms with Crippen LogP contribution in [0, 0.1) is 0 Å². The summed E-state index contributed by atoms with van der Waals surface area (Å²) in [5, 5.41) is 4.07. The van der Waals surface area contributed by atoms with Crippen molar-refractivity contribution in [2.45, 2.75) is 22.3 Å². The van der Waals surface area contributed by atoms with E-state index in [9.17, 15) is 8.42 Å². The Labute approximate surface area is 126 Å². The number of aryl methyl sites for hydroxylation is 1. The third kappa shape index (κ3) is 2.30. The fourth-order valence-corrected chi connectivity index (χ4v) is 4.86. The molecule has 106 valence electrons. The minimum atomic E-state index is -3.59. The maximum absolute atomic E-state index is 12.4. The average Bonchev–Trinajstić information content (AvgIpc) is 2.95. The minimum Gasteiger partial charge on any atom is -0.256 e. The van der Waals surface area contributed by atoms with Crippen molar-refractivity contribution in [1.82, 2.24) is 14.5 Å². The van der Waals surface area contributed by atoms with Crippen molar-refractivity contribution < 1.29 is 8.42 Å². The topological polar surface area (TPSA) is 64.0 Å². The van der Waals surface area contributed by atoms with Gasteiger partial charge in [0.1, 0.15) is 0 Å². The highest BCUT2D eigenvalue weighted by Crippen LogP contribution is 2.36. The van der Waals surface area contributed by atoms with E-state index >= 15 is 0 Å². The van der Waals surface area contributed by atoms with Gasteiger partial charge in [-0.3, -0.25) is 4.68 Å². The monoisotopic (exact) mass is 355 g/mol. The van der Waals surface area contributed by atoms with Gasteiger partial charge in [-0.15, -0.1) is 0 Å². The number of aromatic nitrogens is 2. The first-order chi connectivity index (χ1) is 9.49. The molecule has 20 heavy (non-hydrogen) atoms. The van der Waals surface area contributed by atoms with Gasteiger partial charge in [0.2, 0.25) is 0 Å². The molecule has 0 radical (unpaired) electrons. The van der Waals surface area contributed by atoms with Crippen molar-refractivity contribution in [3.63, 3.8) is 0 Å². The molecule has 1 aromatic carbocycles. The summed E-state index contributed by atoms with van der Waals surface area (Å²) in [5.41, 5.74) is 2.20. The number of hydrogen-bond donors (Lipinski definition) is 1. The standard InChI is InChI=1S/C13H14BrN3O2S/c1-17-12(6-7-15-17)20(18,19)16-13-10-5-3-2-4-9(10)8-11(13)14/h2-7,11,13,16H,8H2,1H3. The average molecular weight is 356 g/mol. The largest absolute Gasteiger partial charge is 0.258 e. The van der Waals surface area contributed by atoms with Gasteiger partial charge in [-0.2, -0.15) is 5.10 Å². The third-order valence-electron chi connectivity index (χ3n) is 3.50. The molecular weight excluding hydrogens is 342 g/mol. The van der Waals surface area contributed by atoms with Gasteiger partial charge >= 0.3 is 0 Å². The van der Waals surface area contributed by atoms with E-state index < -0.39 is 10.0 Å². The van der Waals surface area contributed by atoms with Crippen molar-refractivity contribution in [3.8, 4) is 0 Å². The van der Waals surface area contributed by atoms with Gasteiger partial charge < -0.3 is 0 Å². The molecule has 1 aromatic heterocycles. The predicted octanol–water partition coefficient (Wildman–Crippen LogP) is 1.76. The van der Waals surface area contributed by atoms with E-state index in [1.54, 1.807) is 7.05 Å². The summed E-state index contributed by atoms with van der Waals surface area (Å²) >= 11 is 3.57. The van der Waals surface area contributed by atoms with E-state index in [-0.39, 0.29) is 15.9 Å². The highest BCUT2D eigenvalue weighted by atomic mass is 79.9. The van der Waals surface area contributed by atoms with E-state index in [0.717, 1.165) is 12.0 Å². The Bertz CT molecular complexity index is 742. The second kappa shape index (κ2) is 4.98. The van der Waals surface area contributed by atoms with Crippen LogP contribution in [-0.2, 0) is 23.5 Å². The number of fused-ring (bicyclic) bond motifs is 1. The van der Waals surface area contributed by atoms with Gasteiger partial charge in [-0.25, -0.2) is 13.1 Å². The molecule has 1 N–H and O–H groups in total. The minimum absolute atomic E-state index is 0.0582. The van der Waals surface area contributed by atoms with Crippen molar-refractivity contribution in [2.75, 3.05) is 0 Å². The van der Waals surface area contributed by atoms with Gasteiger partial charge in [0.15, 0.2) is 5.03 Å². The number of halogens is 1. The molecule has 1 aliphatic carbocycles. The van der Waals surface area contributed by atoms with E-state index in [1.807, 2.05) is 24.3 Å². The van der Waals surface area contributed by atoms with Gasteiger partial charge in [-0.05, 0) is 23.6 Å². The maximum atomic E-state index is 12.4. The Hall–Kier alpha value is -1.18. The summed E-state index contributed by atoms with van der Waals surface area (Å²) in [7, 11) is -1.97. The molecule has 0 saturated heterocycles. The van der Waals surface area contributed by atoms with Crippen molar-refractivity contribution in [2.24, 2.45) is 7.05 Å². The smallest absolute Gasteiger partial charge is 0.256 e. The lowest BCUT2D eigenvalue weighted by molar-refractivity contribution is 0.544. The summed E-state index contributed by atoms with van der Waals surface area (Å²) in [5.74, 6) is 0. The van der Waals surface area contributed by atoms with Crippen LogP contribution in [0.5, 0.6) is 0 Å². The van der Waals surface area contributed by atoms with Crippen LogP contribution in [0.15, 0.2) is 41.6 Å². The molecule has 2 unspecified atom stereocenters. The van der Waals surface area contributed by atoms with Crippen LogP contribution in [0.4, 0.5) is 0 Å². The second-order valence-electron chi connectivity index (χ2n) is 4.81. The number of sulfonamides is 1. The van der Waals surface area contributed by atoms with E-state index in [0.29, 0.717) is 0 Å². The summed E-state index contributed by atoms with van der Waals surface area (Å²) < 4.78 is 29.0. The Kier molecular flexibility index (Phi) is 3.43. The first kappa shape index (κ1) is 13.8. The predicted molar refractivity (Wildman–Crippen MR) is 79.1 cm³/mol. The lowest BCUT2D eigenvalue weighted by atomic mass is 10.1. The maximum Gasteiger partial charge on any atom is 0.258 e. The molecule has 2 aromatic rings. The SMILES string of the molecule is Cn1nccc1S(=O)(=O)NC1c2ccccc2CC1Br. The zero-order valence-corrected chi connectivity index (χ0v) is 13.2. The number of rotatable bonds is 3. The Morgan fingerprint density at radius 1 is 1.35 bits per heavy atom. The molecule has 7 heteroatoms. The van der Waals surface area contributed by atoms with Crippen LogP contribution in [0.25, 0.3) is 0 Å². The van der Waals surface area contributed by atoms with Gasteiger partial charge in [-0.1, -0.05) is 40.2 Å². The molecular formula is C13H14BrN3O2S. The van der Waals surface area contributed by atoms with Crippen LogP contribution >= 0.6 is 15.9 Å². The second-order valence-corrected chi connectivity index (χ2v) is 7.65. The summed E-state index contributed by atoms with van der Waals surface area (Å²) in [6, 6.07) is 9.12. The molecule has 0 amide bonds. The Morgan fingerprint density at radius 2 is 2.10 bits per heavy atom. The fraction of sp³-hybridized carbons (Fsp3) is 0.308. The third-order valence-corrected chi connectivity index (χ3v) is 5.87. The van der Waals surface area contributed by atoms with Crippen molar-refractivity contribution in [3.05, 3.63) is 47.7 Å². The number of benzene rings is 1. The van der Waals surface area contributed by atoms with Crippen LogP contribution in [0.3, 0.4) is 0 Å². The number of hydrogen-bond acceptors (Lipinski definition) is 3.